The highest BCUT2D eigenvalue weighted by atomic mass is 16.5. The summed E-state index contributed by atoms with van der Waals surface area (Å²) in [6, 6.07) is 9.23. The van der Waals surface area contributed by atoms with Gasteiger partial charge in [-0.15, -0.1) is 0 Å². The average Bonchev–Trinajstić information content (AvgIpc) is 3.73. The van der Waals surface area contributed by atoms with Gasteiger partial charge in [0.1, 0.15) is 13.2 Å². The molecule has 56 heavy (non-hydrogen) atoms. The molecule has 3 saturated heterocycles. The minimum absolute atomic E-state index is 0.0877. The summed E-state index contributed by atoms with van der Waals surface area (Å²) in [6.07, 6.45) is 13.7. The van der Waals surface area contributed by atoms with Gasteiger partial charge in [0.25, 0.3) is 0 Å². The number of rotatable bonds is 8. The Bertz CT molecular complexity index is 1840. The van der Waals surface area contributed by atoms with Crippen molar-refractivity contribution in [3.05, 3.63) is 49.1 Å². The molecule has 298 valence electrons. The van der Waals surface area contributed by atoms with Crippen LogP contribution in [0.2, 0.25) is 0 Å². The molecule has 2 N–H and O–H groups in total. The summed E-state index contributed by atoms with van der Waals surface area (Å²) in [5.74, 6) is 6.02. The first-order chi connectivity index (χ1) is 27.3. The van der Waals surface area contributed by atoms with Crippen LogP contribution in [0.15, 0.2) is 49.1 Å². The number of hydrogen-bond donors (Lipinski definition) is 2. The zero-order valence-corrected chi connectivity index (χ0v) is 33.1. The normalized spacial score (nSPS) is 20.3. The van der Waals surface area contributed by atoms with E-state index in [2.05, 4.69) is 71.1 Å². The standard InChI is InChI=1S/C20H26N6O2.C20H28N6O2/c1-27-18-11-15(4-7-21-18)25-9-5-14(6-10-25)23-20-22-12-17-19(24-20)26-8-2-3-16(26)13-28-17;1-20(2)13-28-16-12-22-19(24-18(16)25(20)3)23-14-6-9-26(10-7-14)15-5-8-21-17(11-15)27-4/h4,7,11-12,14,16H,2-3,5-6,8-10,13H2,1H3,(H,22,23,24);5,8,11-12,14H,6-7,9-10,13H2,1-4H3,(H,22,23,24). The molecule has 3 fully saturated rings. The van der Waals surface area contributed by atoms with Crippen LogP contribution in [0.4, 0.5) is 34.9 Å². The minimum atomic E-state index is -0.0877. The maximum Gasteiger partial charge on any atom is 0.225 e. The van der Waals surface area contributed by atoms with Crippen LogP contribution in [-0.2, 0) is 0 Å². The SMILES string of the molecule is COc1cc(N2CCC(Nc3ncc4c(n3)N(C)C(C)(C)CO4)CC2)ccn1.COc1cc(N2CCC(Nc3ncc4c(n3)N3CCCC3CO4)CC2)ccn1. The van der Waals surface area contributed by atoms with E-state index in [1.165, 1.54) is 12.8 Å². The van der Waals surface area contributed by atoms with Gasteiger partial charge < -0.3 is 49.2 Å². The topological polar surface area (TPSA) is 151 Å². The van der Waals surface area contributed by atoms with Gasteiger partial charge in [-0.05, 0) is 64.5 Å². The molecule has 0 amide bonds. The second-order valence-electron chi connectivity index (χ2n) is 15.6. The zero-order chi connectivity index (χ0) is 38.6. The van der Waals surface area contributed by atoms with Gasteiger partial charge in [-0.2, -0.15) is 9.97 Å². The molecule has 16 nitrogen and oxygen atoms in total. The molecule has 16 heteroatoms. The van der Waals surface area contributed by atoms with Crippen LogP contribution in [0.1, 0.15) is 52.4 Å². The molecular formula is C40H54N12O4. The molecular weight excluding hydrogens is 713 g/mol. The quantitative estimate of drug-likeness (QED) is 0.250. The van der Waals surface area contributed by atoms with E-state index in [4.69, 9.17) is 28.9 Å². The number of aromatic nitrogens is 6. The van der Waals surface area contributed by atoms with Gasteiger partial charge in [-0.25, -0.2) is 19.9 Å². The molecule has 0 aliphatic carbocycles. The molecule has 4 aromatic heterocycles. The van der Waals surface area contributed by atoms with E-state index >= 15 is 0 Å². The molecule has 5 aliphatic heterocycles. The number of pyridine rings is 2. The van der Waals surface area contributed by atoms with Crippen molar-refractivity contribution in [2.75, 3.05) is 97.4 Å². The van der Waals surface area contributed by atoms with Crippen molar-refractivity contribution in [1.29, 1.82) is 0 Å². The molecule has 9 heterocycles. The number of likely N-dealkylation sites (N-methyl/N-ethyl adjacent to an activating group) is 1. The van der Waals surface area contributed by atoms with Crippen LogP contribution in [0.25, 0.3) is 0 Å². The van der Waals surface area contributed by atoms with E-state index < -0.39 is 0 Å². The fraction of sp³-hybridized carbons (Fsp3) is 0.550. The summed E-state index contributed by atoms with van der Waals surface area (Å²) < 4.78 is 22.1. The Labute approximate surface area is 329 Å². The molecule has 0 aromatic carbocycles. The third-order valence-electron chi connectivity index (χ3n) is 11.6. The lowest BCUT2D eigenvalue weighted by Crippen LogP contribution is -2.49. The number of methoxy groups -OCH3 is 2. The average molecular weight is 767 g/mol. The number of anilines is 6. The van der Waals surface area contributed by atoms with Crippen LogP contribution in [0, 0.1) is 0 Å². The van der Waals surface area contributed by atoms with Crippen molar-refractivity contribution in [2.45, 2.75) is 76.0 Å². The van der Waals surface area contributed by atoms with Crippen LogP contribution in [0.5, 0.6) is 23.3 Å². The van der Waals surface area contributed by atoms with Gasteiger partial charge in [-0.1, -0.05) is 0 Å². The molecule has 4 aromatic rings. The highest BCUT2D eigenvalue weighted by Crippen LogP contribution is 2.37. The van der Waals surface area contributed by atoms with Gasteiger partial charge >= 0.3 is 0 Å². The molecule has 0 radical (unpaired) electrons. The van der Waals surface area contributed by atoms with Crippen molar-refractivity contribution < 1.29 is 18.9 Å². The largest absolute Gasteiger partial charge is 0.486 e. The molecule has 0 bridgehead atoms. The lowest BCUT2D eigenvalue weighted by atomic mass is 10.0. The summed E-state index contributed by atoms with van der Waals surface area (Å²) in [5, 5.41) is 7.04. The molecule has 0 spiro atoms. The fourth-order valence-electron chi connectivity index (χ4n) is 7.97. The summed E-state index contributed by atoms with van der Waals surface area (Å²) in [6.45, 7) is 10.6. The second-order valence-corrected chi connectivity index (χ2v) is 15.6. The van der Waals surface area contributed by atoms with Crippen molar-refractivity contribution >= 4 is 34.9 Å². The highest BCUT2D eigenvalue weighted by molar-refractivity contribution is 5.59. The molecule has 1 unspecified atom stereocenters. The molecule has 5 aliphatic rings. The Morgan fingerprint density at radius 3 is 1.79 bits per heavy atom. The molecule has 1 atom stereocenters. The second kappa shape index (κ2) is 16.3. The highest BCUT2D eigenvalue weighted by Gasteiger charge is 2.35. The monoisotopic (exact) mass is 766 g/mol. The number of fused-ring (bicyclic) bond motifs is 4. The Balaban J connectivity index is 0.000000157. The van der Waals surface area contributed by atoms with E-state index in [9.17, 15) is 0 Å². The van der Waals surface area contributed by atoms with E-state index in [0.29, 0.717) is 48.4 Å². The van der Waals surface area contributed by atoms with Crippen LogP contribution < -0.4 is 49.2 Å². The summed E-state index contributed by atoms with van der Waals surface area (Å²) in [5.41, 5.74) is 2.22. The van der Waals surface area contributed by atoms with Crippen molar-refractivity contribution in [1.82, 2.24) is 29.9 Å². The van der Waals surface area contributed by atoms with Gasteiger partial charge in [0.2, 0.25) is 23.7 Å². The Kier molecular flexibility index (Phi) is 10.9. The lowest BCUT2D eigenvalue weighted by Gasteiger charge is -2.41. The van der Waals surface area contributed by atoms with E-state index in [1.807, 2.05) is 30.5 Å². The van der Waals surface area contributed by atoms with Crippen molar-refractivity contribution in [3.63, 3.8) is 0 Å². The first-order valence-electron chi connectivity index (χ1n) is 19.8. The van der Waals surface area contributed by atoms with E-state index in [0.717, 1.165) is 99.5 Å². The lowest BCUT2D eigenvalue weighted by molar-refractivity contribution is 0.215. The third kappa shape index (κ3) is 8.19. The van der Waals surface area contributed by atoms with Crippen LogP contribution in [-0.4, -0.2) is 121 Å². The number of nitrogens with zero attached hydrogens (tertiary/aromatic N) is 10. The van der Waals surface area contributed by atoms with Gasteiger partial charge in [0, 0.05) is 87.8 Å². The predicted molar refractivity (Wildman–Crippen MR) is 217 cm³/mol. The Morgan fingerprint density at radius 1 is 0.696 bits per heavy atom. The van der Waals surface area contributed by atoms with E-state index in [1.54, 1.807) is 32.8 Å². The smallest absolute Gasteiger partial charge is 0.225 e. The van der Waals surface area contributed by atoms with E-state index in [-0.39, 0.29) is 5.54 Å². The minimum Gasteiger partial charge on any atom is -0.486 e. The summed E-state index contributed by atoms with van der Waals surface area (Å²) in [7, 11) is 5.35. The first kappa shape index (κ1) is 37.4. The van der Waals surface area contributed by atoms with Crippen LogP contribution >= 0.6 is 0 Å². The summed E-state index contributed by atoms with van der Waals surface area (Å²) in [4.78, 5) is 36.1. The van der Waals surface area contributed by atoms with Crippen LogP contribution in [0.3, 0.4) is 0 Å². The summed E-state index contributed by atoms with van der Waals surface area (Å²) >= 11 is 0. The first-order valence-corrected chi connectivity index (χ1v) is 19.8. The molecule has 9 rings (SSSR count). The zero-order valence-electron chi connectivity index (χ0n) is 33.1. The Morgan fingerprint density at radius 2 is 1.23 bits per heavy atom. The maximum absolute atomic E-state index is 5.85. The van der Waals surface area contributed by atoms with Crippen molar-refractivity contribution in [2.24, 2.45) is 0 Å². The number of hydrogen-bond acceptors (Lipinski definition) is 16. The van der Waals surface area contributed by atoms with Gasteiger partial charge in [-0.3, -0.25) is 0 Å². The predicted octanol–water partition coefficient (Wildman–Crippen LogP) is 4.89. The third-order valence-corrected chi connectivity index (χ3v) is 11.6. The van der Waals surface area contributed by atoms with Gasteiger partial charge in [0.15, 0.2) is 23.1 Å². The fourth-order valence-corrected chi connectivity index (χ4v) is 7.97. The number of nitrogens with one attached hydrogen (secondary N) is 2. The van der Waals surface area contributed by atoms with Gasteiger partial charge in [0.05, 0.1) is 38.2 Å². The number of piperidine rings is 2. The van der Waals surface area contributed by atoms with Crippen molar-refractivity contribution in [3.8, 4) is 23.3 Å². The Hall–Kier alpha value is -5.54. The number of ether oxygens (including phenoxy) is 4. The molecule has 0 saturated carbocycles. The maximum atomic E-state index is 5.85.